The standard InChI is InChI=1S/C26H33ClN4O.ClH/c1-26(2,3)30-20-12-14-31(15-13-20)22-16-24(28-17-18-8-10-19(27)11-9-18)29-25-21(22)6-5-7-23(25)32-4;/h5-11,16,20,30H,12-15,17H2,1-4H3,(H,28,29);1H. The quantitative estimate of drug-likeness (QED) is 0.426. The summed E-state index contributed by atoms with van der Waals surface area (Å²) in [5, 5.41) is 9.13. The minimum absolute atomic E-state index is 0. The van der Waals surface area contributed by atoms with E-state index in [1.807, 2.05) is 36.4 Å². The number of anilines is 2. The zero-order chi connectivity index (χ0) is 22.7. The molecule has 0 bridgehead atoms. The van der Waals surface area contributed by atoms with E-state index in [9.17, 15) is 0 Å². The summed E-state index contributed by atoms with van der Waals surface area (Å²) in [5.74, 6) is 1.64. The molecule has 0 atom stereocenters. The lowest BCUT2D eigenvalue weighted by Gasteiger charge is -2.37. The molecule has 0 aliphatic carbocycles. The average molecular weight is 489 g/mol. The molecule has 1 saturated heterocycles. The molecular formula is C26H34Cl2N4O. The molecule has 2 N–H and O–H groups in total. The molecule has 0 spiro atoms. The minimum Gasteiger partial charge on any atom is -0.494 e. The maximum atomic E-state index is 6.02. The first-order valence-corrected chi connectivity index (χ1v) is 11.7. The van der Waals surface area contributed by atoms with Crippen LogP contribution in [0.2, 0.25) is 5.02 Å². The van der Waals surface area contributed by atoms with Crippen LogP contribution in [-0.4, -0.2) is 36.8 Å². The fourth-order valence-electron chi connectivity index (χ4n) is 4.39. The predicted molar refractivity (Wildman–Crippen MR) is 142 cm³/mol. The van der Waals surface area contributed by atoms with Crippen molar-refractivity contribution in [1.29, 1.82) is 0 Å². The Kier molecular flexibility index (Phi) is 8.33. The van der Waals surface area contributed by atoms with E-state index < -0.39 is 0 Å². The third-order valence-corrected chi connectivity index (χ3v) is 6.11. The lowest BCUT2D eigenvalue weighted by atomic mass is 9.99. The Labute approximate surface area is 208 Å². The van der Waals surface area contributed by atoms with Gasteiger partial charge in [0.05, 0.1) is 7.11 Å². The molecule has 33 heavy (non-hydrogen) atoms. The molecule has 0 amide bonds. The Morgan fingerprint density at radius 1 is 1.09 bits per heavy atom. The van der Waals surface area contributed by atoms with Crippen LogP contribution >= 0.6 is 24.0 Å². The first kappa shape index (κ1) is 25.4. The van der Waals surface area contributed by atoms with Crippen LogP contribution in [0.1, 0.15) is 39.2 Å². The maximum Gasteiger partial charge on any atom is 0.145 e. The van der Waals surface area contributed by atoms with E-state index in [0.717, 1.165) is 59.0 Å². The van der Waals surface area contributed by atoms with Gasteiger partial charge in [0.25, 0.3) is 0 Å². The molecule has 3 aromatic rings. The molecule has 5 nitrogen and oxygen atoms in total. The Hall–Kier alpha value is -2.21. The van der Waals surface area contributed by atoms with Crippen LogP contribution in [-0.2, 0) is 6.54 Å². The second-order valence-electron chi connectivity index (χ2n) is 9.52. The monoisotopic (exact) mass is 488 g/mol. The van der Waals surface area contributed by atoms with Crippen LogP contribution in [0, 0.1) is 0 Å². The molecule has 2 heterocycles. The van der Waals surface area contributed by atoms with E-state index >= 15 is 0 Å². The van der Waals surface area contributed by atoms with Crippen LogP contribution < -0.4 is 20.3 Å². The Balaban J connectivity index is 0.00000306. The number of pyridine rings is 1. The normalized spacial score (nSPS) is 14.8. The Morgan fingerprint density at radius 3 is 2.42 bits per heavy atom. The van der Waals surface area contributed by atoms with Gasteiger partial charge in [-0.15, -0.1) is 12.4 Å². The number of nitrogens with zero attached hydrogens (tertiary/aromatic N) is 2. The van der Waals surface area contributed by atoms with Gasteiger partial charge >= 0.3 is 0 Å². The van der Waals surface area contributed by atoms with Crippen molar-refractivity contribution < 1.29 is 4.74 Å². The summed E-state index contributed by atoms with van der Waals surface area (Å²) in [6.45, 7) is 9.42. The molecule has 1 aliphatic rings. The summed E-state index contributed by atoms with van der Waals surface area (Å²) in [7, 11) is 1.70. The number of rotatable bonds is 6. The fraction of sp³-hybridized carbons (Fsp3) is 0.423. The molecule has 0 radical (unpaired) electrons. The number of aromatic nitrogens is 1. The van der Waals surface area contributed by atoms with Gasteiger partial charge in [0.15, 0.2) is 0 Å². The number of piperidine rings is 1. The van der Waals surface area contributed by atoms with Crippen molar-refractivity contribution in [3.05, 3.63) is 59.1 Å². The lowest BCUT2D eigenvalue weighted by molar-refractivity contribution is 0.317. The van der Waals surface area contributed by atoms with E-state index in [1.165, 1.54) is 5.69 Å². The summed E-state index contributed by atoms with van der Waals surface area (Å²) in [4.78, 5) is 7.38. The zero-order valence-corrected chi connectivity index (χ0v) is 21.4. The molecule has 1 aliphatic heterocycles. The van der Waals surface area contributed by atoms with Gasteiger partial charge in [-0.25, -0.2) is 4.98 Å². The van der Waals surface area contributed by atoms with Gasteiger partial charge in [-0.3, -0.25) is 0 Å². The van der Waals surface area contributed by atoms with Crippen LogP contribution in [0.5, 0.6) is 5.75 Å². The van der Waals surface area contributed by atoms with Crippen LogP contribution in [0.4, 0.5) is 11.5 Å². The first-order valence-electron chi connectivity index (χ1n) is 11.3. The highest BCUT2D eigenvalue weighted by molar-refractivity contribution is 6.30. The highest BCUT2D eigenvalue weighted by Crippen LogP contribution is 2.35. The molecule has 0 unspecified atom stereocenters. The molecule has 1 aromatic heterocycles. The number of hydrogen-bond acceptors (Lipinski definition) is 5. The van der Waals surface area contributed by atoms with E-state index in [0.29, 0.717) is 12.6 Å². The maximum absolute atomic E-state index is 6.02. The summed E-state index contributed by atoms with van der Waals surface area (Å²) in [5.41, 5.74) is 3.40. The van der Waals surface area contributed by atoms with Gasteiger partial charge in [0, 0.05) is 53.4 Å². The highest BCUT2D eigenvalue weighted by Gasteiger charge is 2.24. The summed E-state index contributed by atoms with van der Waals surface area (Å²) < 4.78 is 5.64. The van der Waals surface area contributed by atoms with E-state index in [2.05, 4.69) is 48.4 Å². The lowest BCUT2D eigenvalue weighted by Crippen LogP contribution is -2.49. The first-order chi connectivity index (χ1) is 15.3. The summed E-state index contributed by atoms with van der Waals surface area (Å²) >= 11 is 6.02. The van der Waals surface area contributed by atoms with Crippen molar-refractivity contribution in [3.63, 3.8) is 0 Å². The van der Waals surface area contributed by atoms with Crippen LogP contribution in [0.3, 0.4) is 0 Å². The molecular weight excluding hydrogens is 455 g/mol. The second-order valence-corrected chi connectivity index (χ2v) is 9.96. The van der Waals surface area contributed by atoms with Crippen molar-refractivity contribution in [2.75, 3.05) is 30.4 Å². The van der Waals surface area contributed by atoms with Crippen molar-refractivity contribution in [2.45, 2.75) is 51.7 Å². The topological polar surface area (TPSA) is 49.4 Å². The number of hydrogen-bond donors (Lipinski definition) is 2. The van der Waals surface area contributed by atoms with Gasteiger partial charge in [-0.2, -0.15) is 0 Å². The van der Waals surface area contributed by atoms with Crippen molar-refractivity contribution >= 4 is 46.4 Å². The molecule has 178 valence electrons. The van der Waals surface area contributed by atoms with Crippen molar-refractivity contribution in [2.24, 2.45) is 0 Å². The smallest absolute Gasteiger partial charge is 0.145 e. The third kappa shape index (κ3) is 6.44. The summed E-state index contributed by atoms with van der Waals surface area (Å²) in [6, 6.07) is 16.8. The minimum atomic E-state index is 0. The number of ether oxygens (including phenoxy) is 1. The van der Waals surface area contributed by atoms with Gasteiger partial charge < -0.3 is 20.3 Å². The van der Waals surface area contributed by atoms with Gasteiger partial charge in [0.2, 0.25) is 0 Å². The van der Waals surface area contributed by atoms with E-state index in [-0.39, 0.29) is 17.9 Å². The van der Waals surface area contributed by atoms with E-state index in [1.54, 1.807) is 7.11 Å². The van der Waals surface area contributed by atoms with Gasteiger partial charge in [-0.05, 0) is 57.4 Å². The SMILES string of the molecule is COc1cccc2c(N3CCC(NC(C)(C)C)CC3)cc(NCc3ccc(Cl)cc3)nc12.Cl. The van der Waals surface area contributed by atoms with Crippen molar-refractivity contribution in [3.8, 4) is 5.75 Å². The number of benzene rings is 2. The fourth-order valence-corrected chi connectivity index (χ4v) is 4.52. The zero-order valence-electron chi connectivity index (χ0n) is 19.8. The van der Waals surface area contributed by atoms with Crippen LogP contribution in [0.25, 0.3) is 10.9 Å². The van der Waals surface area contributed by atoms with E-state index in [4.69, 9.17) is 21.3 Å². The molecule has 0 saturated carbocycles. The van der Waals surface area contributed by atoms with Gasteiger partial charge in [0.1, 0.15) is 17.1 Å². The average Bonchev–Trinajstić information content (AvgIpc) is 2.77. The van der Waals surface area contributed by atoms with Gasteiger partial charge in [-0.1, -0.05) is 35.9 Å². The Bertz CT molecular complexity index is 1060. The molecule has 4 rings (SSSR count). The number of methoxy groups -OCH3 is 1. The molecule has 7 heteroatoms. The molecule has 2 aromatic carbocycles. The van der Waals surface area contributed by atoms with Crippen LogP contribution in [0.15, 0.2) is 48.5 Å². The third-order valence-electron chi connectivity index (χ3n) is 5.86. The number of fused-ring (bicyclic) bond motifs is 1. The highest BCUT2D eigenvalue weighted by atomic mass is 35.5. The Morgan fingerprint density at radius 2 is 1.79 bits per heavy atom. The van der Waals surface area contributed by atoms with Crippen molar-refractivity contribution in [1.82, 2.24) is 10.3 Å². The number of para-hydroxylation sites is 1. The predicted octanol–water partition coefficient (Wildman–Crippen LogP) is 6.29. The second kappa shape index (κ2) is 10.8. The largest absolute Gasteiger partial charge is 0.494 e. The molecule has 1 fully saturated rings. The number of halogens is 2. The summed E-state index contributed by atoms with van der Waals surface area (Å²) in [6.07, 6.45) is 2.25. The number of nitrogens with one attached hydrogen (secondary N) is 2.